The van der Waals surface area contributed by atoms with E-state index in [0.29, 0.717) is 0 Å². The Morgan fingerprint density at radius 3 is 2.92 bits per heavy atom. The van der Waals surface area contributed by atoms with Crippen molar-refractivity contribution in [3.05, 3.63) is 45.8 Å². The van der Waals surface area contributed by atoms with Crippen LogP contribution in [0.4, 0.5) is 0 Å². The molecule has 12 heavy (non-hydrogen) atoms. The predicted molar refractivity (Wildman–Crippen MR) is 51.6 cm³/mol. The minimum atomic E-state index is 1.25. The Morgan fingerprint density at radius 2 is 1.92 bits per heavy atom. The standard InChI is InChI=1S/C12H7/c1-3-9-7-8-10-4-2-6-12(10)11(9)5-1/h1-5,7-8H. The summed E-state index contributed by atoms with van der Waals surface area (Å²) in [6.45, 7) is 0. The first-order chi connectivity index (χ1) is 5.95. The molecule has 1 aromatic rings. The molecule has 2 aliphatic carbocycles. The monoisotopic (exact) mass is 151 g/mol. The van der Waals surface area contributed by atoms with Gasteiger partial charge >= 0.3 is 0 Å². The van der Waals surface area contributed by atoms with Gasteiger partial charge in [0.2, 0.25) is 0 Å². The average Bonchev–Trinajstić information content (AvgIpc) is 2.71. The number of fused-ring (bicyclic) bond motifs is 3. The van der Waals surface area contributed by atoms with Gasteiger partial charge in [0, 0.05) is 0 Å². The molecule has 2 aliphatic rings. The summed E-state index contributed by atoms with van der Waals surface area (Å²) < 4.78 is 0. The molecule has 0 amide bonds. The summed E-state index contributed by atoms with van der Waals surface area (Å²) in [7, 11) is 0. The Balaban J connectivity index is 2.58. The van der Waals surface area contributed by atoms with E-state index in [4.69, 9.17) is 0 Å². The van der Waals surface area contributed by atoms with Gasteiger partial charge in [-0.3, -0.25) is 0 Å². The third-order valence-corrected chi connectivity index (χ3v) is 2.34. The zero-order valence-electron chi connectivity index (χ0n) is 6.54. The normalized spacial score (nSPS) is 15.3. The number of benzene rings is 1. The Labute approximate surface area is 70.9 Å². The minimum Gasteiger partial charge on any atom is -0.0610 e. The molecular formula is C12H7. The van der Waals surface area contributed by atoms with Gasteiger partial charge in [0.25, 0.3) is 0 Å². The van der Waals surface area contributed by atoms with Gasteiger partial charge in [-0.15, -0.1) is 0 Å². The van der Waals surface area contributed by atoms with Crippen LogP contribution in [0.15, 0.2) is 24.3 Å². The molecule has 1 radical (unpaired) electrons. The number of hydrogen-bond donors (Lipinski definition) is 0. The maximum absolute atomic E-state index is 3.25. The summed E-state index contributed by atoms with van der Waals surface area (Å²) in [6.07, 6.45) is 13.7. The third kappa shape index (κ3) is 0.620. The molecule has 55 valence electrons. The van der Waals surface area contributed by atoms with Crippen LogP contribution in [-0.2, 0) is 0 Å². The molecule has 0 aliphatic heterocycles. The van der Waals surface area contributed by atoms with Gasteiger partial charge in [0.1, 0.15) is 0 Å². The van der Waals surface area contributed by atoms with Gasteiger partial charge in [0.05, 0.1) is 0 Å². The lowest BCUT2D eigenvalue weighted by molar-refractivity contribution is 1.49. The van der Waals surface area contributed by atoms with Crippen LogP contribution in [-0.4, -0.2) is 0 Å². The van der Waals surface area contributed by atoms with Crippen molar-refractivity contribution in [3.63, 3.8) is 0 Å². The van der Waals surface area contributed by atoms with E-state index >= 15 is 0 Å². The van der Waals surface area contributed by atoms with Crippen LogP contribution < -0.4 is 10.4 Å². The highest BCUT2D eigenvalue weighted by atomic mass is 14.1. The summed E-state index contributed by atoms with van der Waals surface area (Å²) in [4.78, 5) is 0. The summed E-state index contributed by atoms with van der Waals surface area (Å²) >= 11 is 0. The second-order valence-electron chi connectivity index (χ2n) is 3.04. The van der Waals surface area contributed by atoms with E-state index in [0.717, 1.165) is 0 Å². The van der Waals surface area contributed by atoms with Crippen LogP contribution in [0.25, 0.3) is 24.3 Å². The fourth-order valence-electron chi connectivity index (χ4n) is 1.74. The van der Waals surface area contributed by atoms with Crippen molar-refractivity contribution in [1.29, 1.82) is 0 Å². The van der Waals surface area contributed by atoms with Gasteiger partial charge in [0.15, 0.2) is 0 Å². The van der Waals surface area contributed by atoms with Crippen LogP contribution in [0, 0.1) is 0 Å². The van der Waals surface area contributed by atoms with Gasteiger partial charge in [-0.25, -0.2) is 0 Å². The first-order valence-corrected chi connectivity index (χ1v) is 4.07. The molecule has 0 saturated carbocycles. The highest BCUT2D eigenvalue weighted by molar-refractivity contribution is 5.74. The average molecular weight is 151 g/mol. The molecule has 0 aromatic heterocycles. The van der Waals surface area contributed by atoms with Crippen LogP contribution in [0.5, 0.6) is 0 Å². The van der Waals surface area contributed by atoms with Gasteiger partial charge in [-0.05, 0) is 27.6 Å². The highest BCUT2D eigenvalue weighted by Crippen LogP contribution is 2.05. The molecule has 0 spiro atoms. The molecule has 0 atom stereocenters. The molecule has 3 rings (SSSR count). The van der Waals surface area contributed by atoms with Crippen molar-refractivity contribution in [2.24, 2.45) is 0 Å². The number of rotatable bonds is 0. The van der Waals surface area contributed by atoms with Crippen molar-refractivity contribution in [3.8, 4) is 0 Å². The summed E-state index contributed by atoms with van der Waals surface area (Å²) in [5.74, 6) is 0. The van der Waals surface area contributed by atoms with Gasteiger partial charge in [-0.2, -0.15) is 0 Å². The van der Waals surface area contributed by atoms with Crippen molar-refractivity contribution in [2.75, 3.05) is 0 Å². The molecule has 0 fully saturated rings. The zero-order valence-corrected chi connectivity index (χ0v) is 6.54. The molecule has 0 unspecified atom stereocenters. The Morgan fingerprint density at radius 1 is 1.00 bits per heavy atom. The van der Waals surface area contributed by atoms with Crippen molar-refractivity contribution < 1.29 is 0 Å². The Bertz CT molecular complexity index is 465. The van der Waals surface area contributed by atoms with E-state index in [-0.39, 0.29) is 0 Å². The SMILES string of the molecule is [C]1=c2c(ccc3c2=CC=C3)C=C1. The predicted octanol–water partition coefficient (Wildman–Crippen LogP) is 1.18. The molecule has 0 N–H and O–H groups in total. The topological polar surface area (TPSA) is 0 Å². The fourth-order valence-corrected chi connectivity index (χ4v) is 1.74. The third-order valence-electron chi connectivity index (χ3n) is 2.34. The van der Waals surface area contributed by atoms with E-state index in [1.165, 1.54) is 21.6 Å². The zero-order chi connectivity index (χ0) is 7.97. The van der Waals surface area contributed by atoms with E-state index in [2.05, 4.69) is 42.5 Å². The van der Waals surface area contributed by atoms with Crippen molar-refractivity contribution >= 4 is 24.3 Å². The lowest BCUT2D eigenvalue weighted by Gasteiger charge is -1.94. The smallest absolute Gasteiger partial charge is 0.00266 e. The fraction of sp³-hybridized carbons (Fsp3) is 0. The maximum atomic E-state index is 3.25. The molecule has 0 nitrogen and oxygen atoms in total. The number of hydrogen-bond acceptors (Lipinski definition) is 0. The molecule has 0 bridgehead atoms. The first-order valence-electron chi connectivity index (χ1n) is 4.07. The van der Waals surface area contributed by atoms with E-state index < -0.39 is 0 Å². The van der Waals surface area contributed by atoms with E-state index in [1.807, 2.05) is 6.08 Å². The van der Waals surface area contributed by atoms with Crippen LogP contribution in [0.3, 0.4) is 0 Å². The van der Waals surface area contributed by atoms with Crippen LogP contribution in [0.2, 0.25) is 0 Å². The first kappa shape index (κ1) is 6.01. The molecular weight excluding hydrogens is 144 g/mol. The molecule has 0 saturated heterocycles. The number of allylic oxidation sites excluding steroid dienone is 2. The lowest BCUT2D eigenvalue weighted by Crippen LogP contribution is -2.26. The molecule has 0 heterocycles. The Hall–Kier alpha value is -1.56. The van der Waals surface area contributed by atoms with E-state index in [1.54, 1.807) is 0 Å². The highest BCUT2D eigenvalue weighted by Gasteiger charge is 2.03. The minimum absolute atomic E-state index is 1.25. The molecule has 1 aromatic carbocycles. The van der Waals surface area contributed by atoms with Gasteiger partial charge in [-0.1, -0.05) is 42.5 Å². The van der Waals surface area contributed by atoms with Crippen LogP contribution in [0.1, 0.15) is 11.1 Å². The Kier molecular flexibility index (Phi) is 0.991. The summed E-state index contributed by atoms with van der Waals surface area (Å²) in [5, 5.41) is 2.56. The summed E-state index contributed by atoms with van der Waals surface area (Å²) in [6, 6.07) is 4.31. The second-order valence-corrected chi connectivity index (χ2v) is 3.04. The second kappa shape index (κ2) is 1.98. The van der Waals surface area contributed by atoms with Crippen molar-refractivity contribution in [2.45, 2.75) is 0 Å². The van der Waals surface area contributed by atoms with Crippen LogP contribution >= 0.6 is 0 Å². The quantitative estimate of drug-likeness (QED) is 0.522. The largest absolute Gasteiger partial charge is 0.0610 e. The van der Waals surface area contributed by atoms with Crippen molar-refractivity contribution in [1.82, 2.24) is 0 Å². The summed E-state index contributed by atoms with van der Waals surface area (Å²) in [5.41, 5.74) is 2.60. The maximum Gasteiger partial charge on any atom is -0.00266 e. The van der Waals surface area contributed by atoms with E-state index in [9.17, 15) is 0 Å². The van der Waals surface area contributed by atoms with Gasteiger partial charge < -0.3 is 0 Å². The molecule has 0 heteroatoms. The lowest BCUT2D eigenvalue weighted by atomic mass is 10.1.